The van der Waals surface area contributed by atoms with E-state index in [1.54, 1.807) is 6.20 Å². The fraction of sp³-hybridized carbons (Fsp3) is 0.312. The molecule has 3 aliphatic rings. The zero-order valence-corrected chi connectivity index (χ0v) is 21.9. The molecule has 1 saturated carbocycles. The Labute approximate surface area is 221 Å². The summed E-state index contributed by atoms with van der Waals surface area (Å²) >= 11 is 0. The minimum Gasteiger partial charge on any atom is -0.357 e. The van der Waals surface area contributed by atoms with Gasteiger partial charge in [-0.1, -0.05) is 50.5 Å². The van der Waals surface area contributed by atoms with E-state index in [1.165, 1.54) is 61.9 Å². The number of fused-ring (bicyclic) bond motifs is 1. The number of nitrogens with zero attached hydrogens (tertiary/aromatic N) is 3. The number of piperidine rings is 1. The van der Waals surface area contributed by atoms with E-state index in [0.717, 1.165) is 46.3 Å². The summed E-state index contributed by atoms with van der Waals surface area (Å²) in [7, 11) is 0. The molecule has 2 aromatic rings. The molecule has 1 aromatic heterocycles. The van der Waals surface area contributed by atoms with E-state index in [2.05, 4.69) is 77.5 Å². The van der Waals surface area contributed by atoms with Gasteiger partial charge in [0, 0.05) is 24.0 Å². The summed E-state index contributed by atoms with van der Waals surface area (Å²) in [6, 6.07) is 8.42. The largest absolute Gasteiger partial charge is 0.357 e. The van der Waals surface area contributed by atoms with Gasteiger partial charge in [0.15, 0.2) is 0 Å². The molecule has 2 fully saturated rings. The van der Waals surface area contributed by atoms with Crippen molar-refractivity contribution in [2.75, 3.05) is 30.3 Å². The Kier molecular flexibility index (Phi) is 7.52. The van der Waals surface area contributed by atoms with Crippen molar-refractivity contribution >= 4 is 28.3 Å². The average Bonchev–Trinajstić information content (AvgIpc) is 3.75. The molecule has 0 spiro atoms. The maximum absolute atomic E-state index is 4.73. The van der Waals surface area contributed by atoms with Gasteiger partial charge in [0.25, 0.3) is 0 Å². The molecule has 2 aliphatic heterocycles. The molecule has 190 valence electrons. The second-order valence-electron chi connectivity index (χ2n) is 10.1. The Morgan fingerprint density at radius 1 is 1.08 bits per heavy atom. The number of benzene rings is 1. The van der Waals surface area contributed by atoms with E-state index >= 15 is 0 Å². The molecule has 1 aromatic carbocycles. The van der Waals surface area contributed by atoms with Crippen molar-refractivity contribution in [3.8, 4) is 0 Å². The number of aliphatic imine (C=N–C) groups is 1. The molecule has 0 radical (unpaired) electrons. The van der Waals surface area contributed by atoms with E-state index < -0.39 is 0 Å². The van der Waals surface area contributed by atoms with Crippen LogP contribution in [0.1, 0.15) is 50.2 Å². The molecule has 37 heavy (non-hydrogen) atoms. The first-order valence-electron chi connectivity index (χ1n) is 13.4. The van der Waals surface area contributed by atoms with E-state index in [9.17, 15) is 0 Å². The molecule has 0 bridgehead atoms. The first-order valence-corrected chi connectivity index (χ1v) is 13.4. The van der Waals surface area contributed by atoms with Crippen molar-refractivity contribution in [3.63, 3.8) is 0 Å². The lowest BCUT2D eigenvalue weighted by atomic mass is 9.93. The summed E-state index contributed by atoms with van der Waals surface area (Å²) in [5.41, 5.74) is 10.2. The summed E-state index contributed by atoms with van der Waals surface area (Å²) in [6.45, 7) is 18.0. The van der Waals surface area contributed by atoms with Crippen LogP contribution >= 0.6 is 0 Å². The van der Waals surface area contributed by atoms with Crippen LogP contribution < -0.4 is 10.6 Å². The summed E-state index contributed by atoms with van der Waals surface area (Å²) in [6.07, 6.45) is 16.4. The van der Waals surface area contributed by atoms with Crippen LogP contribution in [0.15, 0.2) is 96.6 Å². The van der Waals surface area contributed by atoms with E-state index in [1.807, 2.05) is 18.3 Å². The number of rotatable bonds is 11. The Balaban J connectivity index is 1.29. The summed E-state index contributed by atoms with van der Waals surface area (Å²) in [5, 5.41) is 6.88. The maximum atomic E-state index is 4.73. The molecule has 5 rings (SSSR count). The number of hydrogen-bond donors (Lipinski definition) is 2. The highest BCUT2D eigenvalue weighted by Crippen LogP contribution is 2.38. The number of allylic oxidation sites excluding steroid dienone is 5. The summed E-state index contributed by atoms with van der Waals surface area (Å²) in [5.74, 6) is 0.571. The fourth-order valence-corrected chi connectivity index (χ4v) is 4.97. The number of aromatic nitrogens is 1. The average molecular weight is 492 g/mol. The van der Waals surface area contributed by atoms with Gasteiger partial charge in [0.05, 0.1) is 34.7 Å². The smallest absolute Gasteiger partial charge is 0.0960 e. The SMILES string of the molecule is C=C/C(=C\C(=C/C)c1ccc2c(c1)C(C(=C)Nc1cnccc1NC(=C)C1CC1)=N2)CN1CCCCC1. The highest BCUT2D eigenvalue weighted by Gasteiger charge is 2.26. The number of anilines is 2. The molecule has 0 amide bonds. The van der Waals surface area contributed by atoms with Crippen molar-refractivity contribution < 1.29 is 0 Å². The topological polar surface area (TPSA) is 52.6 Å². The van der Waals surface area contributed by atoms with Crippen LogP contribution in [0.4, 0.5) is 17.1 Å². The Morgan fingerprint density at radius 3 is 2.62 bits per heavy atom. The van der Waals surface area contributed by atoms with Crippen LogP contribution in [0.25, 0.3) is 5.57 Å². The maximum Gasteiger partial charge on any atom is 0.0960 e. The summed E-state index contributed by atoms with van der Waals surface area (Å²) < 4.78 is 0. The molecule has 2 N–H and O–H groups in total. The number of likely N-dealkylation sites (tertiary alicyclic amines) is 1. The van der Waals surface area contributed by atoms with Crippen LogP contribution in [0.3, 0.4) is 0 Å². The summed E-state index contributed by atoms with van der Waals surface area (Å²) in [4.78, 5) is 11.6. The fourth-order valence-electron chi connectivity index (χ4n) is 4.97. The standard InChI is InChI=1S/C32H37N5/c1-5-24(21-37-16-8-7-9-17-37)18-25(6-2)27-12-13-29-28(19-27)32(36-29)23(4)35-31-20-33-15-14-30(31)34-22(3)26-10-11-26/h5-6,12-15,18-20,26,35H,1,3-4,7-11,16-17,21H2,2H3,(H,33,34)/b24-18+,25-6+. The monoisotopic (exact) mass is 491 g/mol. The quantitative estimate of drug-likeness (QED) is 0.320. The van der Waals surface area contributed by atoms with Gasteiger partial charge >= 0.3 is 0 Å². The van der Waals surface area contributed by atoms with Crippen LogP contribution in [-0.2, 0) is 0 Å². The van der Waals surface area contributed by atoms with Gasteiger partial charge in [-0.2, -0.15) is 0 Å². The Bertz CT molecular complexity index is 1300. The normalized spacial score (nSPS) is 17.8. The lowest BCUT2D eigenvalue weighted by molar-refractivity contribution is 0.248. The predicted octanol–water partition coefficient (Wildman–Crippen LogP) is 7.48. The van der Waals surface area contributed by atoms with Crippen molar-refractivity contribution in [1.82, 2.24) is 9.88 Å². The van der Waals surface area contributed by atoms with Crippen LogP contribution in [0, 0.1) is 5.92 Å². The van der Waals surface area contributed by atoms with Crippen LogP contribution in [0.2, 0.25) is 0 Å². The van der Waals surface area contributed by atoms with Gasteiger partial charge in [-0.05, 0) is 86.5 Å². The second kappa shape index (κ2) is 11.1. The molecule has 0 atom stereocenters. The second-order valence-corrected chi connectivity index (χ2v) is 10.1. The number of hydrogen-bond acceptors (Lipinski definition) is 5. The Morgan fingerprint density at radius 2 is 1.89 bits per heavy atom. The van der Waals surface area contributed by atoms with E-state index in [-0.39, 0.29) is 0 Å². The lowest BCUT2D eigenvalue weighted by Crippen LogP contribution is -2.31. The zero-order valence-electron chi connectivity index (χ0n) is 21.9. The molecular formula is C32H37N5. The first kappa shape index (κ1) is 25.0. The highest BCUT2D eigenvalue weighted by molar-refractivity contribution is 6.23. The molecule has 5 nitrogen and oxygen atoms in total. The minimum atomic E-state index is 0.571. The number of pyridine rings is 1. The molecular weight excluding hydrogens is 454 g/mol. The third-order valence-electron chi connectivity index (χ3n) is 7.34. The van der Waals surface area contributed by atoms with Gasteiger partial charge in [0.1, 0.15) is 0 Å². The van der Waals surface area contributed by atoms with Crippen LogP contribution in [0.5, 0.6) is 0 Å². The van der Waals surface area contributed by atoms with Crippen molar-refractivity contribution in [2.24, 2.45) is 10.9 Å². The van der Waals surface area contributed by atoms with E-state index in [0.29, 0.717) is 5.92 Å². The van der Waals surface area contributed by atoms with Gasteiger partial charge < -0.3 is 10.6 Å². The minimum absolute atomic E-state index is 0.571. The Hall–Kier alpha value is -3.70. The highest BCUT2D eigenvalue weighted by atomic mass is 15.1. The number of nitrogens with one attached hydrogen (secondary N) is 2. The third kappa shape index (κ3) is 5.83. The van der Waals surface area contributed by atoms with Crippen molar-refractivity contribution in [2.45, 2.75) is 39.0 Å². The van der Waals surface area contributed by atoms with E-state index in [4.69, 9.17) is 4.99 Å². The van der Waals surface area contributed by atoms with Crippen LogP contribution in [-0.4, -0.2) is 35.2 Å². The zero-order chi connectivity index (χ0) is 25.8. The van der Waals surface area contributed by atoms with Crippen molar-refractivity contribution in [3.05, 3.63) is 103 Å². The lowest BCUT2D eigenvalue weighted by Gasteiger charge is -2.27. The molecule has 5 heteroatoms. The van der Waals surface area contributed by atoms with Gasteiger partial charge in [-0.25, -0.2) is 4.99 Å². The first-order chi connectivity index (χ1) is 18.1. The van der Waals surface area contributed by atoms with Gasteiger partial charge in [-0.15, -0.1) is 0 Å². The predicted molar refractivity (Wildman–Crippen MR) is 157 cm³/mol. The molecule has 0 unspecified atom stereocenters. The third-order valence-corrected chi connectivity index (χ3v) is 7.34. The molecule has 1 saturated heterocycles. The van der Waals surface area contributed by atoms with Crippen molar-refractivity contribution in [1.29, 1.82) is 0 Å². The van der Waals surface area contributed by atoms with Gasteiger partial charge in [0.2, 0.25) is 0 Å². The molecule has 1 aliphatic carbocycles. The molecule has 3 heterocycles. The van der Waals surface area contributed by atoms with Gasteiger partial charge in [-0.3, -0.25) is 9.88 Å².